The van der Waals surface area contributed by atoms with E-state index in [1.807, 2.05) is 0 Å². The molecule has 3 rings (SSSR count). The summed E-state index contributed by atoms with van der Waals surface area (Å²) in [7, 11) is 0. The predicted octanol–water partition coefficient (Wildman–Crippen LogP) is 1.40. The zero-order valence-electron chi connectivity index (χ0n) is 10.9. The predicted molar refractivity (Wildman–Crippen MR) is 77.2 cm³/mol. The molecule has 0 bridgehead atoms. The summed E-state index contributed by atoms with van der Waals surface area (Å²) < 4.78 is 0. The first-order valence-electron chi connectivity index (χ1n) is 6.19. The van der Waals surface area contributed by atoms with Gasteiger partial charge in [-0.15, -0.1) is 0 Å². The van der Waals surface area contributed by atoms with Crippen LogP contribution in [0.2, 0.25) is 5.15 Å². The van der Waals surface area contributed by atoms with E-state index in [1.165, 1.54) is 29.8 Å². The van der Waals surface area contributed by atoms with Gasteiger partial charge >= 0.3 is 5.97 Å². The molecule has 110 valence electrons. The van der Waals surface area contributed by atoms with Crippen LogP contribution in [-0.4, -0.2) is 43.5 Å². The van der Waals surface area contributed by atoms with E-state index in [-0.39, 0.29) is 17.0 Å². The Hall–Kier alpha value is -1.57. The SMILES string of the molecule is C[C@@H](O)[C@H]1C(=O)N2C(C(=O)O)=C(c3ccc(Cl)nc3)S[C@H]12. The molecule has 0 radical (unpaired) electrons. The Labute approximate surface area is 129 Å². The lowest BCUT2D eigenvalue weighted by Crippen LogP contribution is -2.60. The smallest absolute Gasteiger partial charge is 0.353 e. The van der Waals surface area contributed by atoms with Gasteiger partial charge in [-0.3, -0.25) is 9.69 Å². The number of carboxylic acids is 1. The number of carboxylic acid groups (broad SMARTS) is 1. The molecule has 0 unspecified atom stereocenters. The van der Waals surface area contributed by atoms with E-state index in [9.17, 15) is 19.8 Å². The number of hydrogen-bond acceptors (Lipinski definition) is 5. The number of carbonyl (C=O) groups excluding carboxylic acids is 1. The van der Waals surface area contributed by atoms with Gasteiger partial charge in [0.15, 0.2) is 0 Å². The van der Waals surface area contributed by atoms with Gasteiger partial charge < -0.3 is 10.2 Å². The number of β-lactam (4-membered cyclic amide) rings is 1. The maximum absolute atomic E-state index is 12.0. The highest BCUT2D eigenvalue weighted by atomic mass is 35.5. The van der Waals surface area contributed by atoms with E-state index in [0.29, 0.717) is 15.6 Å². The van der Waals surface area contributed by atoms with Gasteiger partial charge in [0.2, 0.25) is 5.91 Å². The number of carbonyl (C=O) groups is 2. The van der Waals surface area contributed by atoms with Gasteiger partial charge in [0, 0.05) is 16.7 Å². The number of thioether (sulfide) groups is 1. The maximum Gasteiger partial charge on any atom is 0.353 e. The standard InChI is InChI=1S/C13H11ClN2O4S/c1-5(17)8-11(18)16-9(13(19)20)10(21-12(8)16)6-2-3-7(14)15-4-6/h2-5,8,12,17H,1H3,(H,19,20)/t5-,8+,12-/m1/s1. The van der Waals surface area contributed by atoms with Crippen LogP contribution in [-0.2, 0) is 9.59 Å². The quantitative estimate of drug-likeness (QED) is 0.644. The molecule has 1 amide bonds. The van der Waals surface area contributed by atoms with Crippen molar-refractivity contribution in [2.45, 2.75) is 18.4 Å². The van der Waals surface area contributed by atoms with Crippen molar-refractivity contribution < 1.29 is 19.8 Å². The van der Waals surface area contributed by atoms with Crippen molar-refractivity contribution >= 4 is 40.1 Å². The van der Waals surface area contributed by atoms with Crippen LogP contribution in [0.1, 0.15) is 12.5 Å². The van der Waals surface area contributed by atoms with E-state index in [2.05, 4.69) is 4.98 Å². The molecular weight excluding hydrogens is 316 g/mol. The second-order valence-corrected chi connectivity index (χ2v) is 6.35. The number of aromatic nitrogens is 1. The number of aliphatic hydroxyl groups is 1. The molecule has 1 aromatic rings. The second kappa shape index (κ2) is 5.01. The number of hydrogen-bond donors (Lipinski definition) is 2. The van der Waals surface area contributed by atoms with E-state index < -0.39 is 18.0 Å². The molecule has 0 spiro atoms. The molecule has 3 heterocycles. The molecular formula is C13H11ClN2O4S. The molecule has 2 aliphatic rings. The van der Waals surface area contributed by atoms with Gasteiger partial charge in [0.1, 0.15) is 16.2 Å². The van der Waals surface area contributed by atoms with Gasteiger partial charge in [-0.05, 0) is 19.1 Å². The van der Waals surface area contributed by atoms with Crippen LogP contribution in [0.15, 0.2) is 24.0 Å². The molecule has 0 aliphatic carbocycles. The summed E-state index contributed by atoms with van der Waals surface area (Å²) >= 11 is 6.98. The fourth-order valence-corrected chi connectivity index (χ4v) is 4.21. The Balaban J connectivity index is 2.02. The summed E-state index contributed by atoms with van der Waals surface area (Å²) in [5, 5.41) is 19.0. The number of rotatable bonds is 3. The van der Waals surface area contributed by atoms with Crippen LogP contribution in [0.5, 0.6) is 0 Å². The Morgan fingerprint density at radius 1 is 1.52 bits per heavy atom. The van der Waals surface area contributed by atoms with Gasteiger partial charge in [-0.1, -0.05) is 23.4 Å². The fourth-order valence-electron chi connectivity index (χ4n) is 2.50. The number of aliphatic hydroxyl groups excluding tert-OH is 1. The Morgan fingerprint density at radius 2 is 2.24 bits per heavy atom. The molecule has 8 heteroatoms. The largest absolute Gasteiger partial charge is 0.477 e. The third-order valence-corrected chi connectivity index (χ3v) is 5.12. The molecule has 1 aromatic heterocycles. The summed E-state index contributed by atoms with van der Waals surface area (Å²) in [4.78, 5) is 29.2. The Morgan fingerprint density at radius 3 is 2.76 bits per heavy atom. The lowest BCUT2D eigenvalue weighted by atomic mass is 9.92. The van der Waals surface area contributed by atoms with Crippen molar-refractivity contribution in [1.29, 1.82) is 0 Å². The highest BCUT2D eigenvalue weighted by molar-refractivity contribution is 8.09. The van der Waals surface area contributed by atoms with E-state index in [1.54, 1.807) is 12.1 Å². The van der Waals surface area contributed by atoms with Gasteiger partial charge in [-0.25, -0.2) is 9.78 Å². The summed E-state index contributed by atoms with van der Waals surface area (Å²) in [5.41, 5.74) is 0.532. The van der Waals surface area contributed by atoms with Crippen molar-refractivity contribution in [3.63, 3.8) is 0 Å². The maximum atomic E-state index is 12.0. The number of aliphatic carboxylic acids is 1. The van der Waals surface area contributed by atoms with Crippen molar-refractivity contribution in [1.82, 2.24) is 9.88 Å². The van der Waals surface area contributed by atoms with Gasteiger partial charge in [0.05, 0.1) is 12.0 Å². The fraction of sp³-hybridized carbons (Fsp3) is 0.308. The molecule has 1 fully saturated rings. The zero-order valence-corrected chi connectivity index (χ0v) is 12.4. The molecule has 2 aliphatic heterocycles. The molecule has 0 aromatic carbocycles. The van der Waals surface area contributed by atoms with Crippen LogP contribution in [0.3, 0.4) is 0 Å². The average Bonchev–Trinajstić information content (AvgIpc) is 2.74. The summed E-state index contributed by atoms with van der Waals surface area (Å²) in [6, 6.07) is 3.22. The lowest BCUT2D eigenvalue weighted by Gasteiger charge is -2.43. The number of nitrogens with zero attached hydrogens (tertiary/aromatic N) is 2. The second-order valence-electron chi connectivity index (χ2n) is 4.84. The minimum Gasteiger partial charge on any atom is -0.477 e. The number of fused-ring (bicyclic) bond motifs is 1. The summed E-state index contributed by atoms with van der Waals surface area (Å²) in [6.07, 6.45) is 0.658. The highest BCUT2D eigenvalue weighted by Crippen LogP contribution is 2.53. The van der Waals surface area contributed by atoms with Crippen molar-refractivity contribution in [3.8, 4) is 0 Å². The van der Waals surface area contributed by atoms with Gasteiger partial charge in [-0.2, -0.15) is 0 Å². The van der Waals surface area contributed by atoms with Crippen LogP contribution < -0.4 is 0 Å². The molecule has 0 saturated carbocycles. The number of halogens is 1. The van der Waals surface area contributed by atoms with Crippen molar-refractivity contribution in [2.24, 2.45) is 5.92 Å². The number of pyridine rings is 1. The third-order valence-electron chi connectivity index (χ3n) is 3.49. The molecule has 21 heavy (non-hydrogen) atoms. The highest BCUT2D eigenvalue weighted by Gasteiger charge is 2.57. The van der Waals surface area contributed by atoms with E-state index >= 15 is 0 Å². The minimum absolute atomic E-state index is 0.0592. The van der Waals surface area contributed by atoms with Crippen molar-refractivity contribution in [2.75, 3.05) is 0 Å². The Kier molecular flexibility index (Phi) is 3.43. The zero-order chi connectivity index (χ0) is 15.3. The Bertz CT molecular complexity index is 659. The summed E-state index contributed by atoms with van der Waals surface area (Å²) in [6.45, 7) is 1.53. The van der Waals surface area contributed by atoms with Crippen LogP contribution in [0.4, 0.5) is 0 Å². The van der Waals surface area contributed by atoms with Crippen LogP contribution in [0.25, 0.3) is 4.91 Å². The first-order valence-corrected chi connectivity index (χ1v) is 7.45. The molecule has 2 N–H and O–H groups in total. The summed E-state index contributed by atoms with van der Waals surface area (Å²) in [5.74, 6) is -2.12. The monoisotopic (exact) mass is 326 g/mol. The normalized spacial score (nSPS) is 25.7. The third kappa shape index (κ3) is 2.12. The van der Waals surface area contributed by atoms with E-state index in [0.717, 1.165) is 0 Å². The van der Waals surface area contributed by atoms with Crippen LogP contribution in [0, 0.1) is 5.92 Å². The molecule has 6 nitrogen and oxygen atoms in total. The lowest BCUT2D eigenvalue weighted by molar-refractivity contribution is -0.156. The number of amides is 1. The average molecular weight is 327 g/mol. The van der Waals surface area contributed by atoms with Crippen molar-refractivity contribution in [3.05, 3.63) is 34.7 Å². The molecule has 1 saturated heterocycles. The minimum atomic E-state index is -1.17. The molecule has 3 atom stereocenters. The first kappa shape index (κ1) is 14.4. The van der Waals surface area contributed by atoms with Crippen LogP contribution >= 0.6 is 23.4 Å². The topological polar surface area (TPSA) is 90.7 Å². The van der Waals surface area contributed by atoms with Gasteiger partial charge in [0.25, 0.3) is 0 Å². The first-order chi connectivity index (χ1) is 9.91. The van der Waals surface area contributed by atoms with E-state index in [4.69, 9.17) is 11.6 Å².